The fourth-order valence-electron chi connectivity index (χ4n) is 7.94. The summed E-state index contributed by atoms with van der Waals surface area (Å²) in [5, 5.41) is 3.43. The molecule has 2 aliphatic rings. The number of rotatable bonds is 19. The average molecular weight is 640 g/mol. The molecule has 0 bridgehead atoms. The van der Waals surface area contributed by atoms with E-state index in [1.165, 1.54) is 77.4 Å². The topological polar surface area (TPSA) is 44.3 Å². The van der Waals surface area contributed by atoms with Gasteiger partial charge in [0.05, 0.1) is 38.0 Å². The van der Waals surface area contributed by atoms with Gasteiger partial charge in [0, 0.05) is 53.3 Å². The van der Waals surface area contributed by atoms with Crippen molar-refractivity contribution in [1.82, 2.24) is 5.32 Å². The van der Waals surface area contributed by atoms with Crippen molar-refractivity contribution in [2.24, 2.45) is 5.73 Å². The molecular formula is C42H65N5+2. The van der Waals surface area contributed by atoms with Gasteiger partial charge in [0.2, 0.25) is 5.69 Å². The molecule has 0 fully saturated rings. The molecule has 2 aromatic carbocycles. The van der Waals surface area contributed by atoms with E-state index in [2.05, 4.69) is 137 Å². The molecule has 0 amide bonds. The Hall–Kier alpha value is -3.15. The number of anilines is 1. The first kappa shape index (κ1) is 36.7. The van der Waals surface area contributed by atoms with Crippen LogP contribution in [0.5, 0.6) is 0 Å². The van der Waals surface area contributed by atoms with E-state index in [1.807, 2.05) is 0 Å². The van der Waals surface area contributed by atoms with Gasteiger partial charge in [-0.25, -0.2) is 0 Å². The molecule has 0 radical (unpaired) electrons. The average Bonchev–Trinajstić information content (AvgIpc) is 3.42. The molecule has 0 spiro atoms. The molecule has 0 saturated heterocycles. The Morgan fingerprint density at radius 3 is 2.26 bits per heavy atom. The molecule has 5 heteroatoms. The lowest BCUT2D eigenvalue weighted by molar-refractivity contribution is -0.924. The predicted octanol–water partition coefficient (Wildman–Crippen LogP) is 8.58. The minimum Gasteiger partial charge on any atom is -0.389 e. The summed E-state index contributed by atoms with van der Waals surface area (Å²) in [4.78, 5) is 2.59. The van der Waals surface area contributed by atoms with Gasteiger partial charge in [0.15, 0.2) is 12.3 Å². The molecule has 0 atom stereocenters. The second-order valence-corrected chi connectivity index (χ2v) is 14.7. The Morgan fingerprint density at radius 1 is 0.872 bits per heavy atom. The van der Waals surface area contributed by atoms with E-state index in [9.17, 15) is 0 Å². The maximum atomic E-state index is 5.63. The number of hydrogen-bond donors (Lipinski definition) is 2. The molecule has 3 N–H and O–H groups in total. The van der Waals surface area contributed by atoms with Gasteiger partial charge in [-0.3, -0.25) is 0 Å². The van der Waals surface area contributed by atoms with Crippen molar-refractivity contribution in [3.8, 4) is 0 Å². The number of benzene rings is 2. The number of nitrogens with two attached hydrogens (primary N) is 1. The van der Waals surface area contributed by atoms with Crippen LogP contribution in [-0.4, -0.2) is 67.1 Å². The summed E-state index contributed by atoms with van der Waals surface area (Å²) >= 11 is 0. The fourth-order valence-corrected chi connectivity index (χ4v) is 7.94. The molecule has 0 unspecified atom stereocenters. The second-order valence-electron chi connectivity index (χ2n) is 14.7. The molecule has 256 valence electrons. The number of nitrogens with zero attached hydrogens (tertiary/aromatic N) is 3. The summed E-state index contributed by atoms with van der Waals surface area (Å²) in [6.07, 6.45) is 13.9. The lowest BCUT2D eigenvalue weighted by atomic mass is 9.81. The van der Waals surface area contributed by atoms with E-state index in [0.29, 0.717) is 0 Å². The third-order valence-electron chi connectivity index (χ3n) is 11.2. The van der Waals surface area contributed by atoms with Crippen LogP contribution >= 0.6 is 0 Å². The highest BCUT2D eigenvalue weighted by atomic mass is 15.3. The Balaban J connectivity index is 1.56. The summed E-state index contributed by atoms with van der Waals surface area (Å²) in [6.45, 7) is 29.4. The Morgan fingerprint density at radius 2 is 1.55 bits per heavy atom. The highest BCUT2D eigenvalue weighted by molar-refractivity contribution is 6.03. The minimum absolute atomic E-state index is 0.0468. The lowest BCUT2D eigenvalue weighted by Crippen LogP contribution is -2.48. The standard InChI is InChI=1S/C42H65N5/c1-9-47(10-2,11-3)33-21-32-46-38-26-17-15-24-36(38)42(7,8)40(46)28-19-27-39-41(5,6)35-23-14-16-25-37(35)45(39)31-18-12-13-22-34(4)44-30-20-29-43/h14-17,19,23-28,44H,4,9-13,18,20-22,29-33,43H2,1-3,5-8H3/q+2. The minimum atomic E-state index is -0.0532. The zero-order valence-corrected chi connectivity index (χ0v) is 30.9. The van der Waals surface area contributed by atoms with Gasteiger partial charge in [-0.2, -0.15) is 4.58 Å². The van der Waals surface area contributed by atoms with Crippen LogP contribution < -0.4 is 16.0 Å². The largest absolute Gasteiger partial charge is 0.389 e. The number of hydrogen-bond acceptors (Lipinski definition) is 3. The van der Waals surface area contributed by atoms with Crippen molar-refractivity contribution in [3.63, 3.8) is 0 Å². The van der Waals surface area contributed by atoms with Gasteiger partial charge < -0.3 is 20.4 Å². The third kappa shape index (κ3) is 8.12. The monoisotopic (exact) mass is 640 g/mol. The van der Waals surface area contributed by atoms with Crippen molar-refractivity contribution in [2.75, 3.05) is 57.3 Å². The van der Waals surface area contributed by atoms with Crippen LogP contribution in [0.3, 0.4) is 0 Å². The second kappa shape index (κ2) is 16.3. The van der Waals surface area contributed by atoms with E-state index in [4.69, 9.17) is 5.73 Å². The van der Waals surface area contributed by atoms with Crippen LogP contribution in [0.15, 0.2) is 84.7 Å². The number of para-hydroxylation sites is 2. The van der Waals surface area contributed by atoms with Gasteiger partial charge in [-0.15, -0.1) is 0 Å². The van der Waals surface area contributed by atoms with Crippen molar-refractivity contribution in [3.05, 3.63) is 95.9 Å². The number of quaternary nitrogens is 1. The molecule has 2 heterocycles. The Labute approximate surface area is 287 Å². The van der Waals surface area contributed by atoms with Crippen molar-refractivity contribution >= 4 is 17.1 Å². The molecule has 5 nitrogen and oxygen atoms in total. The zero-order chi connectivity index (χ0) is 34.1. The van der Waals surface area contributed by atoms with Gasteiger partial charge in [0.25, 0.3) is 0 Å². The number of unbranched alkanes of at least 4 members (excludes halogenated alkanes) is 2. The summed E-state index contributed by atoms with van der Waals surface area (Å²) in [6, 6.07) is 18.1. The van der Waals surface area contributed by atoms with Gasteiger partial charge >= 0.3 is 0 Å². The van der Waals surface area contributed by atoms with Crippen LogP contribution in [-0.2, 0) is 10.8 Å². The molecule has 0 saturated carbocycles. The summed E-state index contributed by atoms with van der Waals surface area (Å²) in [7, 11) is 0. The number of nitrogens with one attached hydrogen (secondary N) is 1. The molecule has 47 heavy (non-hydrogen) atoms. The van der Waals surface area contributed by atoms with Gasteiger partial charge in [-0.05, 0) is 84.6 Å². The van der Waals surface area contributed by atoms with E-state index in [-0.39, 0.29) is 10.8 Å². The number of allylic oxidation sites excluding steroid dienone is 5. The fraction of sp³-hybridized carbons (Fsp3) is 0.548. The Kier molecular flexibility index (Phi) is 12.7. The number of fused-ring (bicyclic) bond motifs is 2. The maximum Gasteiger partial charge on any atom is 0.209 e. The zero-order valence-electron chi connectivity index (χ0n) is 30.9. The van der Waals surface area contributed by atoms with Crippen LogP contribution in [0.2, 0.25) is 0 Å². The summed E-state index contributed by atoms with van der Waals surface area (Å²) < 4.78 is 3.81. The highest BCUT2D eigenvalue weighted by Gasteiger charge is 2.44. The SMILES string of the molecule is C=C(CCCCCN1/C(=C/C=C/C2=[N+](CCC[N+](CC)(CC)CC)c3ccccc3C2(C)C)C(C)(C)c2ccccc21)NCCCN. The highest BCUT2D eigenvalue weighted by Crippen LogP contribution is 2.48. The predicted molar refractivity (Wildman–Crippen MR) is 204 cm³/mol. The first-order chi connectivity index (χ1) is 22.6. The molecule has 2 aliphatic heterocycles. The molecular weight excluding hydrogens is 574 g/mol. The van der Waals surface area contributed by atoms with Crippen molar-refractivity contribution in [2.45, 2.75) is 97.8 Å². The summed E-state index contributed by atoms with van der Waals surface area (Å²) in [5.41, 5.74) is 15.0. The molecule has 0 aromatic heterocycles. The van der Waals surface area contributed by atoms with Crippen LogP contribution in [0.1, 0.15) is 98.1 Å². The smallest absolute Gasteiger partial charge is 0.209 e. The summed E-state index contributed by atoms with van der Waals surface area (Å²) in [5.74, 6) is 0. The van der Waals surface area contributed by atoms with Crippen LogP contribution in [0, 0.1) is 0 Å². The van der Waals surface area contributed by atoms with E-state index >= 15 is 0 Å². The lowest BCUT2D eigenvalue weighted by Gasteiger charge is -2.35. The van der Waals surface area contributed by atoms with Crippen molar-refractivity contribution in [1.29, 1.82) is 0 Å². The molecule has 2 aromatic rings. The maximum absolute atomic E-state index is 5.63. The molecule has 4 rings (SSSR count). The van der Waals surface area contributed by atoms with Crippen LogP contribution in [0.4, 0.5) is 11.4 Å². The quantitative estimate of drug-likeness (QED) is 0.0920. The third-order valence-corrected chi connectivity index (χ3v) is 11.2. The van der Waals surface area contributed by atoms with E-state index in [1.54, 1.807) is 0 Å². The first-order valence-corrected chi connectivity index (χ1v) is 18.5. The molecule has 0 aliphatic carbocycles. The van der Waals surface area contributed by atoms with E-state index < -0.39 is 0 Å². The Bertz CT molecular complexity index is 1430. The normalized spacial score (nSPS) is 17.5. The van der Waals surface area contributed by atoms with Gasteiger partial charge in [-0.1, -0.05) is 69.3 Å². The first-order valence-electron chi connectivity index (χ1n) is 18.5. The van der Waals surface area contributed by atoms with E-state index in [0.717, 1.165) is 57.6 Å². The van der Waals surface area contributed by atoms with Crippen LogP contribution in [0.25, 0.3) is 0 Å². The van der Waals surface area contributed by atoms with Crippen molar-refractivity contribution < 1.29 is 9.06 Å². The van der Waals surface area contributed by atoms with Gasteiger partial charge in [0.1, 0.15) is 0 Å².